The van der Waals surface area contributed by atoms with E-state index in [4.69, 9.17) is 19.8 Å². The number of nitrogens with zero attached hydrogens (tertiary/aromatic N) is 5. The highest BCUT2D eigenvalue weighted by Gasteiger charge is 2.27. The Morgan fingerprint density at radius 3 is 2.79 bits per heavy atom. The quantitative estimate of drug-likeness (QED) is 0.450. The number of aryl methyl sites for hydroxylation is 2. The molecule has 11 heteroatoms. The summed E-state index contributed by atoms with van der Waals surface area (Å²) in [4.78, 5) is 36.8. The summed E-state index contributed by atoms with van der Waals surface area (Å²) in [5, 5.41) is 13.6. The molecule has 0 bridgehead atoms. The molecule has 0 radical (unpaired) electrons. The van der Waals surface area contributed by atoms with E-state index in [1.165, 1.54) is 0 Å². The van der Waals surface area contributed by atoms with Crippen molar-refractivity contribution in [2.24, 2.45) is 7.05 Å². The molecule has 1 unspecified atom stereocenters. The smallest absolute Gasteiger partial charge is 0.404 e. The summed E-state index contributed by atoms with van der Waals surface area (Å²) < 4.78 is 9.76. The van der Waals surface area contributed by atoms with E-state index in [-0.39, 0.29) is 11.9 Å². The van der Waals surface area contributed by atoms with Gasteiger partial charge in [0.2, 0.25) is 0 Å². The largest absolute Gasteiger partial charge is 0.494 e. The van der Waals surface area contributed by atoms with E-state index >= 15 is 0 Å². The van der Waals surface area contributed by atoms with Crippen LogP contribution in [-0.2, 0) is 13.6 Å². The predicted molar refractivity (Wildman–Crippen MR) is 130 cm³/mol. The SMILES string of the molecule is CCn1c(-c2nc3cc(C(=O)N4CCCC(NC(=O)O)C4)cc(OC)c3n2C)nc2ccsc21. The molecule has 0 aliphatic carbocycles. The third kappa shape index (κ3) is 3.65. The first-order chi connectivity index (χ1) is 16.4. The fourth-order valence-corrected chi connectivity index (χ4v) is 5.65. The maximum Gasteiger partial charge on any atom is 0.404 e. The van der Waals surface area contributed by atoms with E-state index in [0.717, 1.165) is 34.7 Å². The van der Waals surface area contributed by atoms with Crippen LogP contribution in [0.5, 0.6) is 5.75 Å². The average Bonchev–Trinajstić information content (AvgIpc) is 3.50. The summed E-state index contributed by atoms with van der Waals surface area (Å²) in [6.07, 6.45) is 0.373. The molecule has 1 saturated heterocycles. The van der Waals surface area contributed by atoms with Crippen molar-refractivity contribution in [3.8, 4) is 17.4 Å². The zero-order valence-corrected chi connectivity index (χ0v) is 20.1. The van der Waals surface area contributed by atoms with Crippen molar-refractivity contribution in [3.63, 3.8) is 0 Å². The summed E-state index contributed by atoms with van der Waals surface area (Å²) in [7, 11) is 3.50. The standard InChI is InChI=1S/C23H26N6O4S/c1-4-29-20(25-15-7-9-34-22(15)29)19-26-16-10-13(11-17(33-3)18(16)27(19)2)21(30)28-8-5-6-14(12-28)24-23(31)32/h7,9-11,14,24H,4-6,8,12H2,1-3H3,(H,31,32). The molecule has 1 fully saturated rings. The normalized spacial score (nSPS) is 16.3. The van der Waals surface area contributed by atoms with Crippen LogP contribution in [0.25, 0.3) is 33.0 Å². The third-order valence-electron chi connectivity index (χ3n) is 6.31. The number of likely N-dealkylation sites (tertiary alicyclic amines) is 1. The fourth-order valence-electron chi connectivity index (χ4n) is 4.74. The second kappa shape index (κ2) is 8.64. The summed E-state index contributed by atoms with van der Waals surface area (Å²) in [6, 6.07) is 5.24. The van der Waals surface area contributed by atoms with E-state index in [9.17, 15) is 9.59 Å². The number of methoxy groups -OCH3 is 1. The van der Waals surface area contributed by atoms with Gasteiger partial charge in [-0.1, -0.05) is 0 Å². The number of carboxylic acid groups (broad SMARTS) is 1. The lowest BCUT2D eigenvalue weighted by molar-refractivity contribution is 0.0692. The maximum atomic E-state index is 13.3. The number of amides is 2. The van der Waals surface area contributed by atoms with Crippen LogP contribution in [0.3, 0.4) is 0 Å². The minimum Gasteiger partial charge on any atom is -0.494 e. The molecule has 3 aromatic heterocycles. The number of hydrogen-bond donors (Lipinski definition) is 2. The van der Waals surface area contributed by atoms with Crippen molar-refractivity contribution in [3.05, 3.63) is 29.1 Å². The second-order valence-electron chi connectivity index (χ2n) is 8.37. The van der Waals surface area contributed by atoms with Gasteiger partial charge in [-0.2, -0.15) is 0 Å². The van der Waals surface area contributed by atoms with Crippen LogP contribution in [0.15, 0.2) is 23.6 Å². The Morgan fingerprint density at radius 2 is 2.06 bits per heavy atom. The Labute approximate surface area is 199 Å². The summed E-state index contributed by atoms with van der Waals surface area (Å²) in [5.41, 5.74) is 2.83. The number of thiophene rings is 1. The van der Waals surface area contributed by atoms with E-state index in [1.54, 1.807) is 35.5 Å². The van der Waals surface area contributed by atoms with Gasteiger partial charge in [0.05, 0.1) is 12.6 Å². The molecule has 5 rings (SSSR count). The van der Waals surface area contributed by atoms with Gasteiger partial charge in [-0.05, 0) is 43.3 Å². The highest BCUT2D eigenvalue weighted by Crippen LogP contribution is 2.34. The van der Waals surface area contributed by atoms with E-state index < -0.39 is 6.09 Å². The van der Waals surface area contributed by atoms with Gasteiger partial charge in [-0.15, -0.1) is 11.3 Å². The predicted octanol–water partition coefficient (Wildman–Crippen LogP) is 3.55. The highest BCUT2D eigenvalue weighted by molar-refractivity contribution is 7.16. The minimum absolute atomic E-state index is 0.167. The summed E-state index contributed by atoms with van der Waals surface area (Å²) in [6.45, 7) is 3.76. The van der Waals surface area contributed by atoms with Crippen LogP contribution in [0.2, 0.25) is 0 Å². The molecule has 4 heterocycles. The van der Waals surface area contributed by atoms with E-state index in [1.807, 2.05) is 23.1 Å². The number of imidazole rings is 2. The van der Waals surface area contributed by atoms with Gasteiger partial charge < -0.3 is 29.2 Å². The number of piperidine rings is 1. The molecule has 0 spiro atoms. The molecule has 0 saturated carbocycles. The van der Waals surface area contributed by atoms with Gasteiger partial charge in [0.15, 0.2) is 11.6 Å². The molecule has 1 aliphatic heterocycles. The Bertz CT molecular complexity index is 1400. The van der Waals surface area contributed by atoms with Gasteiger partial charge in [0.1, 0.15) is 21.6 Å². The van der Waals surface area contributed by atoms with Crippen molar-refractivity contribution in [1.29, 1.82) is 0 Å². The molecular weight excluding hydrogens is 456 g/mol. The number of rotatable bonds is 5. The maximum absolute atomic E-state index is 13.3. The number of nitrogens with one attached hydrogen (secondary N) is 1. The molecule has 1 aromatic carbocycles. The lowest BCUT2D eigenvalue weighted by Gasteiger charge is -2.32. The number of aromatic nitrogens is 4. The lowest BCUT2D eigenvalue weighted by Crippen LogP contribution is -2.49. The Kier molecular flexibility index (Phi) is 5.64. The summed E-state index contributed by atoms with van der Waals surface area (Å²) >= 11 is 1.65. The first kappa shape index (κ1) is 22.2. The first-order valence-electron chi connectivity index (χ1n) is 11.2. The third-order valence-corrected chi connectivity index (χ3v) is 7.23. The van der Waals surface area contributed by atoms with E-state index in [2.05, 4.69) is 16.8 Å². The number of carbonyl (C=O) groups is 2. The molecule has 34 heavy (non-hydrogen) atoms. The number of ether oxygens (including phenoxy) is 1. The molecular formula is C23H26N6O4S. The van der Waals surface area contributed by atoms with Crippen LogP contribution >= 0.6 is 11.3 Å². The molecule has 178 valence electrons. The number of fused-ring (bicyclic) bond motifs is 2. The molecule has 1 aliphatic rings. The van der Waals surface area contributed by atoms with Crippen molar-refractivity contribution >= 4 is 44.7 Å². The molecule has 2 N–H and O–H groups in total. The number of hydrogen-bond acceptors (Lipinski definition) is 6. The zero-order chi connectivity index (χ0) is 24.0. The van der Waals surface area contributed by atoms with Crippen molar-refractivity contribution < 1.29 is 19.4 Å². The van der Waals surface area contributed by atoms with Crippen molar-refractivity contribution in [2.75, 3.05) is 20.2 Å². The van der Waals surface area contributed by atoms with Crippen molar-refractivity contribution in [1.82, 2.24) is 29.3 Å². The van der Waals surface area contributed by atoms with Crippen LogP contribution in [0, 0.1) is 0 Å². The van der Waals surface area contributed by atoms with Crippen LogP contribution < -0.4 is 10.1 Å². The Hall–Kier alpha value is -3.60. The fraction of sp³-hybridized carbons (Fsp3) is 0.391. The monoisotopic (exact) mass is 482 g/mol. The minimum atomic E-state index is -1.08. The van der Waals surface area contributed by atoms with E-state index in [0.29, 0.717) is 42.2 Å². The topological polar surface area (TPSA) is 115 Å². The van der Waals surface area contributed by atoms with Crippen LogP contribution in [0.4, 0.5) is 4.79 Å². The number of benzene rings is 1. The zero-order valence-electron chi connectivity index (χ0n) is 19.2. The molecule has 2 amide bonds. The van der Waals surface area contributed by atoms with Crippen LogP contribution in [-0.4, -0.2) is 67.4 Å². The lowest BCUT2D eigenvalue weighted by atomic mass is 10.0. The second-order valence-corrected chi connectivity index (χ2v) is 9.27. The van der Waals surface area contributed by atoms with Gasteiger partial charge in [-0.25, -0.2) is 14.8 Å². The van der Waals surface area contributed by atoms with Gasteiger partial charge in [-0.3, -0.25) is 4.79 Å². The molecule has 10 nitrogen and oxygen atoms in total. The van der Waals surface area contributed by atoms with Gasteiger partial charge >= 0.3 is 6.09 Å². The first-order valence-corrected chi connectivity index (χ1v) is 12.1. The van der Waals surface area contributed by atoms with Gasteiger partial charge in [0, 0.05) is 38.3 Å². The van der Waals surface area contributed by atoms with Crippen LogP contribution in [0.1, 0.15) is 30.1 Å². The summed E-state index contributed by atoms with van der Waals surface area (Å²) in [5.74, 6) is 1.86. The van der Waals surface area contributed by atoms with Crippen molar-refractivity contribution in [2.45, 2.75) is 32.4 Å². The average molecular weight is 483 g/mol. The Balaban J connectivity index is 1.55. The van der Waals surface area contributed by atoms with Gasteiger partial charge in [0.25, 0.3) is 5.91 Å². The number of carbonyl (C=O) groups excluding carboxylic acids is 1. The molecule has 1 atom stereocenters. The highest BCUT2D eigenvalue weighted by atomic mass is 32.1. The Morgan fingerprint density at radius 1 is 1.26 bits per heavy atom. The molecule has 4 aromatic rings.